The van der Waals surface area contributed by atoms with Gasteiger partial charge in [-0.1, -0.05) is 0 Å². The first-order valence-corrected chi connectivity index (χ1v) is 2.48. The van der Waals surface area contributed by atoms with E-state index in [2.05, 4.69) is 10.2 Å². The van der Waals surface area contributed by atoms with Crippen molar-refractivity contribution in [2.24, 2.45) is 0 Å². The minimum Gasteiger partial charge on any atom is -0.481 e. The van der Waals surface area contributed by atoms with Gasteiger partial charge in [-0.05, 0) is 0 Å². The van der Waals surface area contributed by atoms with Gasteiger partial charge in [-0.3, -0.25) is 9.89 Å². The Morgan fingerprint density at radius 2 is 2.67 bits per heavy atom. The lowest BCUT2D eigenvalue weighted by Crippen LogP contribution is -1.97. The highest BCUT2D eigenvalue weighted by Crippen LogP contribution is 1.93. The van der Waals surface area contributed by atoms with Crippen molar-refractivity contribution in [2.75, 3.05) is 0 Å². The Morgan fingerprint density at radius 1 is 1.89 bits per heavy atom. The number of nitrogens with zero attached hydrogens (tertiary/aromatic N) is 1. The molecule has 0 aromatic carbocycles. The average Bonchev–Trinajstić information content (AvgIpc) is 2.15. The molecule has 0 saturated carbocycles. The van der Waals surface area contributed by atoms with Crippen LogP contribution in [0.2, 0.25) is 0 Å². The first-order chi connectivity index (χ1) is 4.29. The molecular weight excluding hydrogens is 120 g/mol. The van der Waals surface area contributed by atoms with Crippen LogP contribution in [0.1, 0.15) is 5.56 Å². The van der Waals surface area contributed by atoms with E-state index in [0.29, 0.717) is 5.56 Å². The second kappa shape index (κ2) is 2.30. The van der Waals surface area contributed by atoms with Crippen molar-refractivity contribution < 1.29 is 9.90 Å². The molecule has 1 aromatic rings. The first-order valence-electron chi connectivity index (χ1n) is 2.48. The van der Waals surface area contributed by atoms with Gasteiger partial charge in [0.15, 0.2) is 0 Å². The summed E-state index contributed by atoms with van der Waals surface area (Å²) in [6, 6.07) is 0. The predicted molar refractivity (Wildman–Crippen MR) is 29.9 cm³/mol. The van der Waals surface area contributed by atoms with E-state index in [1.165, 1.54) is 6.20 Å². The Balaban J connectivity index is 2.58. The average molecular weight is 126 g/mol. The smallest absolute Gasteiger partial charge is 0.307 e. The number of carbonyl (C=O) groups is 1. The number of aromatic nitrogens is 2. The maximum absolute atomic E-state index is 10.0. The molecule has 0 aliphatic carbocycles. The molecule has 0 aliphatic heterocycles. The molecule has 0 fully saturated rings. The van der Waals surface area contributed by atoms with E-state index in [1.807, 2.05) is 0 Å². The molecule has 0 aliphatic rings. The molecule has 4 heteroatoms. The number of hydrogen-bond donors (Lipinski definition) is 2. The molecule has 4 nitrogen and oxygen atoms in total. The highest BCUT2D eigenvalue weighted by atomic mass is 16.4. The van der Waals surface area contributed by atoms with Gasteiger partial charge >= 0.3 is 5.97 Å². The monoisotopic (exact) mass is 126 g/mol. The number of aliphatic carboxylic acids is 1. The summed E-state index contributed by atoms with van der Waals surface area (Å²) in [5, 5.41) is 14.4. The van der Waals surface area contributed by atoms with Gasteiger partial charge in [0.2, 0.25) is 0 Å². The molecule has 0 saturated heterocycles. The normalized spacial score (nSPS) is 9.33. The van der Waals surface area contributed by atoms with Crippen molar-refractivity contribution in [3.63, 3.8) is 0 Å². The van der Waals surface area contributed by atoms with Crippen LogP contribution >= 0.6 is 0 Å². The van der Waals surface area contributed by atoms with E-state index < -0.39 is 5.97 Å². The molecule has 0 radical (unpaired) electrons. The second-order valence-corrected chi connectivity index (χ2v) is 1.68. The molecule has 2 N–H and O–H groups in total. The maximum Gasteiger partial charge on any atom is 0.307 e. The SMILES string of the molecule is O=C(O)Cc1cn[nH]c1. The molecule has 0 bridgehead atoms. The van der Waals surface area contributed by atoms with Crippen molar-refractivity contribution in [1.29, 1.82) is 0 Å². The van der Waals surface area contributed by atoms with Crippen molar-refractivity contribution in [2.45, 2.75) is 6.42 Å². The summed E-state index contributed by atoms with van der Waals surface area (Å²) in [7, 11) is 0. The van der Waals surface area contributed by atoms with Gasteiger partial charge in [-0.2, -0.15) is 5.10 Å². The molecule has 0 atom stereocenters. The van der Waals surface area contributed by atoms with E-state index in [9.17, 15) is 4.79 Å². The summed E-state index contributed by atoms with van der Waals surface area (Å²) < 4.78 is 0. The van der Waals surface area contributed by atoms with Gasteiger partial charge in [-0.15, -0.1) is 0 Å². The minimum absolute atomic E-state index is 0.0382. The van der Waals surface area contributed by atoms with E-state index in [4.69, 9.17) is 5.11 Å². The summed E-state index contributed by atoms with van der Waals surface area (Å²) in [5.41, 5.74) is 0.697. The lowest BCUT2D eigenvalue weighted by atomic mass is 10.3. The molecule has 1 rings (SSSR count). The van der Waals surface area contributed by atoms with Crippen molar-refractivity contribution >= 4 is 5.97 Å². The fourth-order valence-electron chi connectivity index (χ4n) is 0.549. The molecule has 1 aromatic heterocycles. The van der Waals surface area contributed by atoms with Crippen LogP contribution in [0.3, 0.4) is 0 Å². The minimum atomic E-state index is -0.837. The Hall–Kier alpha value is -1.32. The zero-order chi connectivity index (χ0) is 6.69. The van der Waals surface area contributed by atoms with Crippen LogP contribution in [0.25, 0.3) is 0 Å². The van der Waals surface area contributed by atoms with E-state index in [1.54, 1.807) is 6.20 Å². The highest BCUT2D eigenvalue weighted by molar-refractivity contribution is 5.69. The molecule has 0 amide bonds. The second-order valence-electron chi connectivity index (χ2n) is 1.68. The van der Waals surface area contributed by atoms with Gasteiger partial charge in [0, 0.05) is 11.8 Å². The zero-order valence-corrected chi connectivity index (χ0v) is 4.66. The Kier molecular flexibility index (Phi) is 1.48. The summed E-state index contributed by atoms with van der Waals surface area (Å²) >= 11 is 0. The van der Waals surface area contributed by atoms with Crippen molar-refractivity contribution in [1.82, 2.24) is 10.2 Å². The van der Waals surface area contributed by atoms with Gasteiger partial charge in [-0.25, -0.2) is 0 Å². The van der Waals surface area contributed by atoms with Crippen LogP contribution in [0.4, 0.5) is 0 Å². The van der Waals surface area contributed by atoms with Gasteiger partial charge in [0.1, 0.15) is 0 Å². The first kappa shape index (κ1) is 5.81. The third-order valence-corrected chi connectivity index (χ3v) is 0.910. The molecule has 1 heterocycles. The van der Waals surface area contributed by atoms with Gasteiger partial charge < -0.3 is 5.11 Å². The van der Waals surface area contributed by atoms with Gasteiger partial charge in [0.05, 0.1) is 12.6 Å². The van der Waals surface area contributed by atoms with Crippen LogP contribution in [0.5, 0.6) is 0 Å². The third-order valence-electron chi connectivity index (χ3n) is 0.910. The summed E-state index contributed by atoms with van der Waals surface area (Å²) in [6.45, 7) is 0. The predicted octanol–water partition coefficient (Wildman–Crippen LogP) is 0.0368. The molecule has 48 valence electrons. The fraction of sp³-hybridized carbons (Fsp3) is 0.200. The Bertz CT molecular complexity index is 193. The van der Waals surface area contributed by atoms with E-state index >= 15 is 0 Å². The maximum atomic E-state index is 10.0. The molecule has 9 heavy (non-hydrogen) atoms. The molecular formula is C5H6N2O2. The van der Waals surface area contributed by atoms with Crippen LogP contribution in [-0.4, -0.2) is 21.3 Å². The van der Waals surface area contributed by atoms with Crippen LogP contribution in [-0.2, 0) is 11.2 Å². The number of carboxylic acid groups (broad SMARTS) is 1. The van der Waals surface area contributed by atoms with E-state index in [-0.39, 0.29) is 6.42 Å². The Labute approximate surface area is 51.5 Å². The highest BCUT2D eigenvalue weighted by Gasteiger charge is 1.98. The number of rotatable bonds is 2. The number of H-pyrrole nitrogens is 1. The van der Waals surface area contributed by atoms with Crippen LogP contribution < -0.4 is 0 Å². The summed E-state index contributed by atoms with van der Waals surface area (Å²) in [6.07, 6.45) is 3.10. The van der Waals surface area contributed by atoms with Crippen LogP contribution in [0.15, 0.2) is 12.4 Å². The Morgan fingerprint density at radius 3 is 3.11 bits per heavy atom. The summed E-state index contributed by atoms with van der Waals surface area (Å²) in [5.74, 6) is -0.837. The zero-order valence-electron chi connectivity index (χ0n) is 4.66. The number of hydrogen-bond acceptors (Lipinski definition) is 2. The lowest BCUT2D eigenvalue weighted by molar-refractivity contribution is -0.136. The fourth-order valence-corrected chi connectivity index (χ4v) is 0.549. The quantitative estimate of drug-likeness (QED) is 0.587. The molecule has 0 unspecified atom stereocenters. The van der Waals surface area contributed by atoms with Crippen molar-refractivity contribution in [3.8, 4) is 0 Å². The topological polar surface area (TPSA) is 66.0 Å². The third kappa shape index (κ3) is 1.56. The molecule has 0 spiro atoms. The van der Waals surface area contributed by atoms with Crippen molar-refractivity contribution in [3.05, 3.63) is 18.0 Å². The number of carboxylic acids is 1. The number of nitrogens with one attached hydrogen (secondary N) is 1. The van der Waals surface area contributed by atoms with E-state index in [0.717, 1.165) is 0 Å². The number of aromatic amines is 1. The van der Waals surface area contributed by atoms with Crippen LogP contribution in [0, 0.1) is 0 Å². The largest absolute Gasteiger partial charge is 0.481 e. The summed E-state index contributed by atoms with van der Waals surface area (Å²) in [4.78, 5) is 10.0. The lowest BCUT2D eigenvalue weighted by Gasteiger charge is -1.84. The van der Waals surface area contributed by atoms with Gasteiger partial charge in [0.25, 0.3) is 0 Å². The standard InChI is InChI=1S/C5H6N2O2/c8-5(9)1-4-2-6-7-3-4/h2-3H,1H2,(H,6,7)(H,8,9).